The highest BCUT2D eigenvalue weighted by atomic mass is 79.9. The minimum Gasteiger partial charge on any atom is -0.469 e. The minimum atomic E-state index is 0.381. The zero-order valence-corrected chi connectivity index (χ0v) is 14.5. The normalized spacial score (nSPS) is 12.8. The molecule has 0 aliphatic heterocycles. The van der Waals surface area contributed by atoms with E-state index in [9.17, 15) is 0 Å². The van der Waals surface area contributed by atoms with Crippen molar-refractivity contribution in [3.63, 3.8) is 0 Å². The van der Waals surface area contributed by atoms with Crippen LogP contribution in [0.3, 0.4) is 0 Å². The maximum atomic E-state index is 5.35. The molecular formula is C17H23BrN2O. The van der Waals surface area contributed by atoms with Gasteiger partial charge in [0.25, 0.3) is 0 Å². The molecule has 0 spiro atoms. The molecule has 0 radical (unpaired) electrons. The van der Waals surface area contributed by atoms with Gasteiger partial charge < -0.3 is 14.6 Å². The Balaban J connectivity index is 1.88. The van der Waals surface area contributed by atoms with Gasteiger partial charge in [0.1, 0.15) is 5.76 Å². The zero-order chi connectivity index (χ0) is 15.2. The summed E-state index contributed by atoms with van der Waals surface area (Å²) < 4.78 is 6.47. The van der Waals surface area contributed by atoms with Crippen LogP contribution in [0.2, 0.25) is 0 Å². The molecule has 1 heterocycles. The highest BCUT2D eigenvalue weighted by Crippen LogP contribution is 2.20. The summed E-state index contributed by atoms with van der Waals surface area (Å²) >= 11 is 3.48. The van der Waals surface area contributed by atoms with Crippen LogP contribution in [0.25, 0.3) is 0 Å². The largest absolute Gasteiger partial charge is 0.469 e. The predicted octanol–water partition coefficient (Wildman–Crippen LogP) is 4.13. The molecule has 3 nitrogen and oxygen atoms in total. The van der Waals surface area contributed by atoms with Gasteiger partial charge in [0, 0.05) is 22.6 Å². The van der Waals surface area contributed by atoms with Crippen LogP contribution in [0.4, 0.5) is 0 Å². The second-order valence-corrected chi connectivity index (χ2v) is 6.34. The van der Waals surface area contributed by atoms with Crippen molar-refractivity contribution in [1.29, 1.82) is 0 Å². The van der Waals surface area contributed by atoms with Gasteiger partial charge in [0.15, 0.2) is 0 Å². The summed E-state index contributed by atoms with van der Waals surface area (Å²) in [4.78, 5) is 2.33. The summed E-state index contributed by atoms with van der Waals surface area (Å²) in [7, 11) is 4.17. The minimum absolute atomic E-state index is 0.381. The summed E-state index contributed by atoms with van der Waals surface area (Å²) in [6.45, 7) is 3.98. The number of aryl methyl sites for hydroxylation is 1. The molecule has 0 aliphatic carbocycles. The molecule has 0 fully saturated rings. The molecule has 0 bridgehead atoms. The Kier molecular flexibility index (Phi) is 6.03. The lowest BCUT2D eigenvalue weighted by Gasteiger charge is -2.21. The van der Waals surface area contributed by atoms with Gasteiger partial charge >= 0.3 is 0 Å². The van der Waals surface area contributed by atoms with Crippen molar-refractivity contribution < 1.29 is 4.42 Å². The lowest BCUT2D eigenvalue weighted by Crippen LogP contribution is -2.25. The van der Waals surface area contributed by atoms with Crippen LogP contribution in [-0.4, -0.2) is 25.5 Å². The van der Waals surface area contributed by atoms with Crippen LogP contribution in [-0.2, 0) is 6.54 Å². The predicted molar refractivity (Wildman–Crippen MR) is 90.3 cm³/mol. The van der Waals surface area contributed by atoms with Crippen LogP contribution >= 0.6 is 15.9 Å². The fourth-order valence-electron chi connectivity index (χ4n) is 2.47. The molecular weight excluding hydrogens is 328 g/mol. The summed E-state index contributed by atoms with van der Waals surface area (Å²) in [5.41, 5.74) is 2.59. The van der Waals surface area contributed by atoms with Crippen LogP contribution in [0.1, 0.15) is 29.3 Å². The smallest absolute Gasteiger partial charge is 0.105 e. The molecule has 0 saturated carbocycles. The number of rotatable bonds is 7. The third-order valence-corrected chi connectivity index (χ3v) is 4.36. The number of hydrogen-bond acceptors (Lipinski definition) is 3. The molecule has 114 valence electrons. The van der Waals surface area contributed by atoms with Gasteiger partial charge in [0.05, 0.1) is 6.26 Å². The van der Waals surface area contributed by atoms with Crippen molar-refractivity contribution in [2.24, 2.45) is 0 Å². The SMILES string of the molecule is CNC(CCN(C)Cc1ccoc1C)c1ccc(Br)cc1. The Hall–Kier alpha value is -1.10. The van der Waals surface area contributed by atoms with E-state index in [0.717, 1.165) is 29.7 Å². The molecule has 0 saturated heterocycles. The van der Waals surface area contributed by atoms with E-state index >= 15 is 0 Å². The Labute approximate surface area is 135 Å². The third kappa shape index (κ3) is 4.70. The summed E-state index contributed by atoms with van der Waals surface area (Å²) in [5.74, 6) is 1.01. The molecule has 4 heteroatoms. The van der Waals surface area contributed by atoms with Gasteiger partial charge in [-0.25, -0.2) is 0 Å². The standard InChI is InChI=1S/C17H23BrN2O/c1-13-15(9-11-21-13)12-20(3)10-8-17(19-2)14-4-6-16(18)7-5-14/h4-7,9,11,17,19H,8,10,12H2,1-3H3. The lowest BCUT2D eigenvalue weighted by atomic mass is 10.0. The highest BCUT2D eigenvalue weighted by molar-refractivity contribution is 9.10. The number of hydrogen-bond donors (Lipinski definition) is 1. The van der Waals surface area contributed by atoms with Crippen LogP contribution in [0.15, 0.2) is 45.5 Å². The maximum Gasteiger partial charge on any atom is 0.105 e. The van der Waals surface area contributed by atoms with Gasteiger partial charge in [-0.3, -0.25) is 0 Å². The molecule has 21 heavy (non-hydrogen) atoms. The van der Waals surface area contributed by atoms with E-state index in [1.807, 2.05) is 14.0 Å². The Morgan fingerprint density at radius 1 is 1.24 bits per heavy atom. The topological polar surface area (TPSA) is 28.4 Å². The molecule has 0 amide bonds. The molecule has 1 atom stereocenters. The Bertz CT molecular complexity index is 550. The number of nitrogens with one attached hydrogen (secondary N) is 1. The number of benzene rings is 1. The Morgan fingerprint density at radius 2 is 1.95 bits per heavy atom. The van der Waals surface area contributed by atoms with E-state index in [-0.39, 0.29) is 0 Å². The first-order chi connectivity index (χ1) is 10.1. The first-order valence-corrected chi connectivity index (χ1v) is 8.03. The van der Waals surface area contributed by atoms with Gasteiger partial charge in [-0.1, -0.05) is 28.1 Å². The van der Waals surface area contributed by atoms with Crippen LogP contribution < -0.4 is 5.32 Å². The number of halogens is 1. The van der Waals surface area contributed by atoms with Gasteiger partial charge in [-0.15, -0.1) is 0 Å². The van der Waals surface area contributed by atoms with E-state index in [4.69, 9.17) is 4.42 Å². The summed E-state index contributed by atoms with van der Waals surface area (Å²) in [6, 6.07) is 11.0. The van der Waals surface area contributed by atoms with E-state index in [2.05, 4.69) is 63.5 Å². The van der Waals surface area contributed by atoms with Crippen molar-refractivity contribution in [3.8, 4) is 0 Å². The van der Waals surface area contributed by atoms with Crippen molar-refractivity contribution in [1.82, 2.24) is 10.2 Å². The van der Waals surface area contributed by atoms with E-state index < -0.39 is 0 Å². The average Bonchev–Trinajstić information content (AvgIpc) is 2.87. The van der Waals surface area contributed by atoms with Crippen LogP contribution in [0.5, 0.6) is 0 Å². The van der Waals surface area contributed by atoms with Crippen molar-refractivity contribution in [2.45, 2.75) is 25.9 Å². The molecule has 1 unspecified atom stereocenters. The van der Waals surface area contributed by atoms with Crippen molar-refractivity contribution in [3.05, 3.63) is 58.0 Å². The zero-order valence-electron chi connectivity index (χ0n) is 12.9. The molecule has 1 aromatic heterocycles. The Morgan fingerprint density at radius 3 is 2.52 bits per heavy atom. The molecule has 0 aliphatic rings. The summed E-state index contributed by atoms with van der Waals surface area (Å²) in [6.07, 6.45) is 2.84. The molecule has 1 aromatic carbocycles. The van der Waals surface area contributed by atoms with E-state index in [1.165, 1.54) is 11.1 Å². The van der Waals surface area contributed by atoms with Crippen molar-refractivity contribution >= 4 is 15.9 Å². The fraction of sp³-hybridized carbons (Fsp3) is 0.412. The second-order valence-electron chi connectivity index (χ2n) is 5.42. The van der Waals surface area contributed by atoms with E-state index in [1.54, 1.807) is 6.26 Å². The maximum absolute atomic E-state index is 5.35. The first kappa shape index (κ1) is 16.3. The van der Waals surface area contributed by atoms with Gasteiger partial charge in [-0.2, -0.15) is 0 Å². The summed E-state index contributed by atoms with van der Waals surface area (Å²) in [5, 5.41) is 3.40. The lowest BCUT2D eigenvalue weighted by molar-refractivity contribution is 0.302. The quantitative estimate of drug-likeness (QED) is 0.813. The van der Waals surface area contributed by atoms with Gasteiger partial charge in [0.2, 0.25) is 0 Å². The number of furan rings is 1. The monoisotopic (exact) mass is 350 g/mol. The molecule has 2 aromatic rings. The van der Waals surface area contributed by atoms with Crippen LogP contribution in [0, 0.1) is 6.92 Å². The fourth-order valence-corrected chi connectivity index (χ4v) is 2.73. The van der Waals surface area contributed by atoms with Gasteiger partial charge in [-0.05, 0) is 57.7 Å². The second kappa shape index (κ2) is 7.78. The molecule has 1 N–H and O–H groups in total. The molecule has 2 rings (SSSR count). The average molecular weight is 351 g/mol. The first-order valence-electron chi connectivity index (χ1n) is 7.24. The van der Waals surface area contributed by atoms with Crippen molar-refractivity contribution in [2.75, 3.05) is 20.6 Å². The number of nitrogens with zero attached hydrogens (tertiary/aromatic N) is 1. The third-order valence-electron chi connectivity index (χ3n) is 3.83. The highest BCUT2D eigenvalue weighted by Gasteiger charge is 2.11. The van der Waals surface area contributed by atoms with E-state index in [0.29, 0.717) is 6.04 Å².